The summed E-state index contributed by atoms with van der Waals surface area (Å²) in [6.07, 6.45) is 1.85. The Morgan fingerprint density at radius 2 is 1.77 bits per heavy atom. The smallest absolute Gasteiger partial charge is 0.209 e. The molecule has 0 unspecified atom stereocenters. The number of fused-ring (bicyclic) bond motifs is 1. The van der Waals surface area contributed by atoms with Gasteiger partial charge in [-0.15, -0.1) is 0 Å². The van der Waals surface area contributed by atoms with Gasteiger partial charge in [-0.05, 0) is 24.3 Å². The molecule has 1 aliphatic rings. The van der Waals surface area contributed by atoms with Gasteiger partial charge in [-0.25, -0.2) is 9.97 Å². The number of nitrogens with zero attached hydrogens (tertiary/aromatic N) is 4. The molecule has 0 saturated carbocycles. The van der Waals surface area contributed by atoms with Gasteiger partial charge < -0.3 is 9.32 Å². The predicted molar refractivity (Wildman–Crippen MR) is 85.7 cm³/mol. The van der Waals surface area contributed by atoms with E-state index < -0.39 is 0 Å². The molecule has 1 fully saturated rings. The zero-order chi connectivity index (χ0) is 14.8. The standard InChI is InChI=1S/C17H18N4O/c1-2-6-15-14(5-1)19-17(22-15)13-20-9-11-21(12-10-20)16-7-3-4-8-18-16/h1-8H,9-13H2. The van der Waals surface area contributed by atoms with E-state index in [4.69, 9.17) is 4.42 Å². The lowest BCUT2D eigenvalue weighted by Crippen LogP contribution is -2.46. The van der Waals surface area contributed by atoms with E-state index in [0.717, 1.165) is 55.5 Å². The number of oxazole rings is 1. The Kier molecular flexibility index (Phi) is 3.48. The summed E-state index contributed by atoms with van der Waals surface area (Å²) in [5.74, 6) is 1.86. The van der Waals surface area contributed by atoms with E-state index in [2.05, 4.69) is 25.8 Å². The summed E-state index contributed by atoms with van der Waals surface area (Å²) in [5, 5.41) is 0. The molecule has 3 heterocycles. The van der Waals surface area contributed by atoms with Crippen molar-refractivity contribution in [3.8, 4) is 0 Å². The van der Waals surface area contributed by atoms with Crippen LogP contribution in [-0.4, -0.2) is 41.0 Å². The fourth-order valence-corrected chi connectivity index (χ4v) is 2.85. The Balaban J connectivity index is 1.39. The molecule has 0 bridgehead atoms. The van der Waals surface area contributed by atoms with Crippen LogP contribution >= 0.6 is 0 Å². The number of aromatic nitrogens is 2. The van der Waals surface area contributed by atoms with Crippen molar-refractivity contribution >= 4 is 16.9 Å². The van der Waals surface area contributed by atoms with Gasteiger partial charge in [0.2, 0.25) is 5.89 Å². The number of hydrogen-bond acceptors (Lipinski definition) is 5. The third kappa shape index (κ3) is 2.67. The van der Waals surface area contributed by atoms with Crippen molar-refractivity contribution in [2.45, 2.75) is 6.54 Å². The molecule has 4 rings (SSSR count). The maximum atomic E-state index is 5.80. The molecule has 0 aliphatic carbocycles. The van der Waals surface area contributed by atoms with Gasteiger partial charge in [0.1, 0.15) is 11.3 Å². The molecule has 1 saturated heterocycles. The van der Waals surface area contributed by atoms with E-state index in [0.29, 0.717) is 0 Å². The highest BCUT2D eigenvalue weighted by Crippen LogP contribution is 2.18. The Hall–Kier alpha value is -2.40. The third-order valence-electron chi connectivity index (χ3n) is 4.04. The quantitative estimate of drug-likeness (QED) is 0.743. The van der Waals surface area contributed by atoms with Gasteiger partial charge in [0.05, 0.1) is 6.54 Å². The van der Waals surface area contributed by atoms with Gasteiger partial charge in [0.25, 0.3) is 0 Å². The van der Waals surface area contributed by atoms with E-state index >= 15 is 0 Å². The molecule has 1 aromatic carbocycles. The molecule has 1 aliphatic heterocycles. The minimum Gasteiger partial charge on any atom is -0.439 e. The zero-order valence-electron chi connectivity index (χ0n) is 12.4. The minimum atomic E-state index is 0.769. The molecule has 5 heteroatoms. The molecule has 3 aromatic rings. The first-order valence-corrected chi connectivity index (χ1v) is 7.61. The normalized spacial score (nSPS) is 16.3. The van der Waals surface area contributed by atoms with Crippen LogP contribution in [0.15, 0.2) is 53.1 Å². The van der Waals surface area contributed by atoms with Crippen LogP contribution in [0.25, 0.3) is 11.1 Å². The number of hydrogen-bond donors (Lipinski definition) is 0. The third-order valence-corrected chi connectivity index (χ3v) is 4.04. The molecule has 0 radical (unpaired) electrons. The first kappa shape index (κ1) is 13.3. The van der Waals surface area contributed by atoms with Crippen LogP contribution in [0.2, 0.25) is 0 Å². The van der Waals surface area contributed by atoms with E-state index in [1.54, 1.807) is 0 Å². The molecule has 0 spiro atoms. The van der Waals surface area contributed by atoms with Gasteiger partial charge >= 0.3 is 0 Å². The Bertz CT molecular complexity index is 714. The van der Waals surface area contributed by atoms with Crippen molar-refractivity contribution in [2.24, 2.45) is 0 Å². The average molecular weight is 294 g/mol. The second-order valence-electron chi connectivity index (χ2n) is 5.53. The molecular weight excluding hydrogens is 276 g/mol. The first-order chi connectivity index (χ1) is 10.9. The van der Waals surface area contributed by atoms with E-state index in [-0.39, 0.29) is 0 Å². The number of piperazine rings is 1. The molecular formula is C17H18N4O. The van der Waals surface area contributed by atoms with Gasteiger partial charge in [0.15, 0.2) is 5.58 Å². The molecule has 0 atom stereocenters. The minimum absolute atomic E-state index is 0.769. The Morgan fingerprint density at radius 1 is 0.955 bits per heavy atom. The molecule has 112 valence electrons. The van der Waals surface area contributed by atoms with Crippen molar-refractivity contribution in [3.05, 3.63) is 54.6 Å². The summed E-state index contributed by atoms with van der Waals surface area (Å²) in [7, 11) is 0. The van der Waals surface area contributed by atoms with E-state index in [1.165, 1.54) is 0 Å². The summed E-state index contributed by atoms with van der Waals surface area (Å²) in [5.41, 5.74) is 1.80. The first-order valence-electron chi connectivity index (χ1n) is 7.61. The molecule has 0 amide bonds. The average Bonchev–Trinajstić information content (AvgIpc) is 2.98. The van der Waals surface area contributed by atoms with Gasteiger partial charge in [-0.1, -0.05) is 18.2 Å². The highest BCUT2D eigenvalue weighted by molar-refractivity contribution is 5.72. The van der Waals surface area contributed by atoms with Crippen molar-refractivity contribution in [1.82, 2.24) is 14.9 Å². The van der Waals surface area contributed by atoms with Crippen molar-refractivity contribution in [3.63, 3.8) is 0 Å². The molecule has 2 aromatic heterocycles. The van der Waals surface area contributed by atoms with Crippen molar-refractivity contribution < 1.29 is 4.42 Å². The van der Waals surface area contributed by atoms with Crippen LogP contribution < -0.4 is 4.90 Å². The van der Waals surface area contributed by atoms with Crippen LogP contribution in [0.5, 0.6) is 0 Å². The fourth-order valence-electron chi connectivity index (χ4n) is 2.85. The van der Waals surface area contributed by atoms with Gasteiger partial charge in [-0.3, -0.25) is 4.90 Å². The zero-order valence-corrected chi connectivity index (χ0v) is 12.4. The molecule has 5 nitrogen and oxygen atoms in total. The van der Waals surface area contributed by atoms with Crippen LogP contribution in [0, 0.1) is 0 Å². The molecule has 0 N–H and O–H groups in total. The van der Waals surface area contributed by atoms with Crippen LogP contribution in [-0.2, 0) is 6.54 Å². The predicted octanol–water partition coefficient (Wildman–Crippen LogP) is 2.55. The second-order valence-corrected chi connectivity index (χ2v) is 5.53. The highest BCUT2D eigenvalue weighted by Gasteiger charge is 2.19. The lowest BCUT2D eigenvalue weighted by Gasteiger charge is -2.34. The van der Waals surface area contributed by atoms with Crippen molar-refractivity contribution in [1.29, 1.82) is 0 Å². The van der Waals surface area contributed by atoms with Crippen molar-refractivity contribution in [2.75, 3.05) is 31.1 Å². The highest BCUT2D eigenvalue weighted by atomic mass is 16.3. The largest absolute Gasteiger partial charge is 0.439 e. The topological polar surface area (TPSA) is 45.4 Å². The van der Waals surface area contributed by atoms with Gasteiger partial charge in [-0.2, -0.15) is 0 Å². The summed E-state index contributed by atoms with van der Waals surface area (Å²) in [6.45, 7) is 4.73. The van der Waals surface area contributed by atoms with E-state index in [1.807, 2.05) is 42.6 Å². The lowest BCUT2D eigenvalue weighted by molar-refractivity contribution is 0.228. The number of anilines is 1. The Labute approximate surface area is 129 Å². The second kappa shape index (κ2) is 5.77. The number of rotatable bonds is 3. The number of pyridine rings is 1. The summed E-state index contributed by atoms with van der Waals surface area (Å²) < 4.78 is 5.80. The van der Waals surface area contributed by atoms with E-state index in [9.17, 15) is 0 Å². The summed E-state index contributed by atoms with van der Waals surface area (Å²) in [4.78, 5) is 13.7. The SMILES string of the molecule is c1ccc(N2CCN(Cc3nc4ccccc4o3)CC2)nc1. The van der Waals surface area contributed by atoms with Crippen LogP contribution in [0.4, 0.5) is 5.82 Å². The molecule has 22 heavy (non-hydrogen) atoms. The van der Waals surface area contributed by atoms with Crippen LogP contribution in [0.3, 0.4) is 0 Å². The van der Waals surface area contributed by atoms with Crippen LogP contribution in [0.1, 0.15) is 5.89 Å². The Morgan fingerprint density at radius 3 is 2.55 bits per heavy atom. The number of para-hydroxylation sites is 2. The maximum absolute atomic E-state index is 5.80. The number of benzene rings is 1. The summed E-state index contributed by atoms with van der Waals surface area (Å²) >= 11 is 0. The van der Waals surface area contributed by atoms with Gasteiger partial charge in [0, 0.05) is 32.4 Å². The monoisotopic (exact) mass is 294 g/mol. The fraction of sp³-hybridized carbons (Fsp3) is 0.294. The lowest BCUT2D eigenvalue weighted by atomic mass is 10.3. The maximum Gasteiger partial charge on any atom is 0.209 e. The summed E-state index contributed by atoms with van der Waals surface area (Å²) in [6, 6.07) is 14.0.